The molecule has 1 unspecified atom stereocenters. The lowest BCUT2D eigenvalue weighted by molar-refractivity contribution is -0.139. The van der Waals surface area contributed by atoms with Crippen LogP contribution in [0.5, 0.6) is 5.75 Å². The average molecular weight is 475 g/mol. The summed E-state index contributed by atoms with van der Waals surface area (Å²) < 4.78 is 71.3. The Balaban J connectivity index is 1.45. The molecule has 0 heterocycles. The van der Waals surface area contributed by atoms with Gasteiger partial charge in [-0.1, -0.05) is 6.07 Å². The molecule has 4 aliphatic carbocycles. The first kappa shape index (κ1) is 23.4. The Morgan fingerprint density at radius 2 is 1.75 bits per heavy atom. The monoisotopic (exact) mass is 474 g/mol. The highest BCUT2D eigenvalue weighted by atomic mass is 32.2. The Labute approximate surface area is 186 Å². The second-order valence-electron chi connectivity index (χ2n) is 10.3. The molecule has 0 spiro atoms. The van der Waals surface area contributed by atoms with E-state index in [0.29, 0.717) is 18.8 Å². The minimum atomic E-state index is -4.50. The van der Waals surface area contributed by atoms with Gasteiger partial charge in [-0.05, 0) is 81.9 Å². The summed E-state index contributed by atoms with van der Waals surface area (Å²) in [5.74, 6) is 0.329. The molecule has 0 saturated heterocycles. The van der Waals surface area contributed by atoms with E-state index < -0.39 is 38.8 Å². The van der Waals surface area contributed by atoms with E-state index in [4.69, 9.17) is 4.74 Å². The summed E-state index contributed by atoms with van der Waals surface area (Å²) in [7, 11) is -3.34. The fourth-order valence-electron chi connectivity index (χ4n) is 6.18. The number of carbonyl (C=O) groups excluding carboxylic acids is 1. The molecule has 1 aromatic rings. The van der Waals surface area contributed by atoms with Crippen LogP contribution in [0.25, 0.3) is 0 Å². The molecule has 4 saturated carbocycles. The van der Waals surface area contributed by atoms with Crippen LogP contribution in [0.1, 0.15) is 51.5 Å². The smallest absolute Gasteiger partial charge is 0.416 e. The van der Waals surface area contributed by atoms with Crippen LogP contribution in [0.4, 0.5) is 13.2 Å². The second-order valence-corrected chi connectivity index (χ2v) is 12.0. The van der Waals surface area contributed by atoms with E-state index in [9.17, 15) is 26.4 Å². The largest absolute Gasteiger partial charge is 0.478 e. The first-order valence-electron chi connectivity index (χ1n) is 10.8. The van der Waals surface area contributed by atoms with Gasteiger partial charge < -0.3 is 10.1 Å². The van der Waals surface area contributed by atoms with Crippen molar-refractivity contribution in [2.75, 3.05) is 6.26 Å². The van der Waals surface area contributed by atoms with Crippen molar-refractivity contribution in [3.63, 3.8) is 0 Å². The van der Waals surface area contributed by atoms with Crippen molar-refractivity contribution in [3.8, 4) is 5.75 Å². The Kier molecular flexibility index (Phi) is 5.56. The number of carbonyl (C=O) groups is 1. The maximum absolute atomic E-state index is 13.1. The van der Waals surface area contributed by atoms with Crippen LogP contribution in [-0.4, -0.2) is 37.8 Å². The standard InChI is InChI=1S/C22H29F3N2O4S/c1-20(2,31-17-6-4-5-16(9-17)22(23,24)25)19(28)26-18-14-7-13-8-15(18)12-21(10-13,11-14)27-32(3,29)30/h4-6,9,13-15,18,27H,7-8,10-12H2,1-3H3,(H,26,28)/t13?,14-,15+,18+,21+. The SMILES string of the molecule is CC(C)(Oc1cccc(C(F)(F)F)c1)C(=O)N[C@H]1[C@@H]2CC3C[C@H]1C[C@](NS(C)(=O)=O)(C3)C2. The van der Waals surface area contributed by atoms with Crippen LogP contribution in [0, 0.1) is 17.8 Å². The van der Waals surface area contributed by atoms with Crippen LogP contribution < -0.4 is 14.8 Å². The Hall–Kier alpha value is -1.81. The number of hydrogen-bond acceptors (Lipinski definition) is 4. The predicted octanol–water partition coefficient (Wildman–Crippen LogP) is 3.48. The molecule has 0 aromatic heterocycles. The summed E-state index contributed by atoms with van der Waals surface area (Å²) in [5, 5.41) is 3.08. The third kappa shape index (κ3) is 4.76. The number of rotatable bonds is 6. The highest BCUT2D eigenvalue weighted by Crippen LogP contribution is 2.56. The van der Waals surface area contributed by atoms with Crippen LogP contribution in [0.3, 0.4) is 0 Å². The number of alkyl halides is 3. The van der Waals surface area contributed by atoms with E-state index in [0.717, 1.165) is 31.4 Å². The zero-order valence-corrected chi connectivity index (χ0v) is 19.1. The van der Waals surface area contributed by atoms with Crippen molar-refractivity contribution in [2.45, 2.75) is 69.3 Å². The van der Waals surface area contributed by atoms with Gasteiger partial charge in [0.25, 0.3) is 5.91 Å². The topological polar surface area (TPSA) is 84.5 Å². The quantitative estimate of drug-likeness (QED) is 0.661. The molecule has 0 radical (unpaired) electrons. The van der Waals surface area contributed by atoms with Crippen molar-refractivity contribution in [1.82, 2.24) is 10.0 Å². The van der Waals surface area contributed by atoms with Crippen molar-refractivity contribution < 1.29 is 31.1 Å². The molecule has 5 atom stereocenters. The van der Waals surface area contributed by atoms with E-state index in [1.165, 1.54) is 32.2 Å². The molecule has 0 aliphatic heterocycles. The first-order chi connectivity index (χ1) is 14.7. The van der Waals surface area contributed by atoms with Crippen LogP contribution in [-0.2, 0) is 21.0 Å². The van der Waals surface area contributed by atoms with Crippen LogP contribution in [0.2, 0.25) is 0 Å². The number of hydrogen-bond donors (Lipinski definition) is 2. The van der Waals surface area contributed by atoms with Gasteiger partial charge in [-0.15, -0.1) is 0 Å². The molecule has 1 aromatic carbocycles. The van der Waals surface area contributed by atoms with Crippen molar-refractivity contribution in [1.29, 1.82) is 0 Å². The highest BCUT2D eigenvalue weighted by molar-refractivity contribution is 7.88. The van der Waals surface area contributed by atoms with Gasteiger partial charge in [0.05, 0.1) is 11.8 Å². The molecule has 10 heteroatoms. The van der Waals surface area contributed by atoms with Gasteiger partial charge in [-0.25, -0.2) is 13.1 Å². The third-order valence-corrected chi connectivity index (χ3v) is 7.86. The molecule has 32 heavy (non-hydrogen) atoms. The fraction of sp³-hybridized carbons (Fsp3) is 0.682. The number of ether oxygens (including phenoxy) is 1. The van der Waals surface area contributed by atoms with E-state index in [-0.39, 0.29) is 23.6 Å². The normalized spacial score (nSPS) is 32.1. The third-order valence-electron chi connectivity index (χ3n) is 7.05. The van der Waals surface area contributed by atoms with Crippen molar-refractivity contribution >= 4 is 15.9 Å². The molecular formula is C22H29F3N2O4S. The summed E-state index contributed by atoms with van der Waals surface area (Å²) in [6.07, 6.45) is 0.728. The molecule has 4 fully saturated rings. The molecular weight excluding hydrogens is 445 g/mol. The number of sulfonamides is 1. The van der Waals surface area contributed by atoms with Crippen LogP contribution >= 0.6 is 0 Å². The van der Waals surface area contributed by atoms with Crippen LogP contribution in [0.15, 0.2) is 24.3 Å². The number of nitrogens with one attached hydrogen (secondary N) is 2. The Morgan fingerprint density at radius 1 is 1.12 bits per heavy atom. The van der Waals surface area contributed by atoms with Gasteiger partial charge in [0.2, 0.25) is 10.0 Å². The molecule has 6 nitrogen and oxygen atoms in total. The summed E-state index contributed by atoms with van der Waals surface area (Å²) in [4.78, 5) is 13.1. The average Bonchev–Trinajstić information content (AvgIpc) is 2.61. The van der Waals surface area contributed by atoms with Gasteiger partial charge in [-0.2, -0.15) is 13.2 Å². The van der Waals surface area contributed by atoms with E-state index in [2.05, 4.69) is 10.0 Å². The summed E-state index contributed by atoms with van der Waals surface area (Å²) in [6, 6.07) is 4.39. The minimum Gasteiger partial charge on any atom is -0.478 e. The molecule has 1 amide bonds. The second kappa shape index (κ2) is 7.62. The van der Waals surface area contributed by atoms with E-state index in [1.807, 2.05) is 0 Å². The summed E-state index contributed by atoms with van der Waals surface area (Å²) in [6.45, 7) is 3.07. The van der Waals surface area contributed by atoms with Crippen molar-refractivity contribution in [2.24, 2.45) is 17.8 Å². The Bertz CT molecular complexity index is 993. The molecule has 4 aliphatic rings. The predicted molar refractivity (Wildman–Crippen MR) is 112 cm³/mol. The van der Waals surface area contributed by atoms with E-state index in [1.54, 1.807) is 0 Å². The van der Waals surface area contributed by atoms with E-state index >= 15 is 0 Å². The van der Waals surface area contributed by atoms with Gasteiger partial charge in [0.15, 0.2) is 5.60 Å². The van der Waals surface area contributed by atoms with Crippen molar-refractivity contribution in [3.05, 3.63) is 29.8 Å². The number of amides is 1. The Morgan fingerprint density at radius 3 is 2.31 bits per heavy atom. The van der Waals surface area contributed by atoms with Gasteiger partial charge in [0, 0.05) is 11.6 Å². The van der Waals surface area contributed by atoms with Gasteiger partial charge >= 0.3 is 6.18 Å². The summed E-state index contributed by atoms with van der Waals surface area (Å²) >= 11 is 0. The first-order valence-corrected chi connectivity index (χ1v) is 12.7. The highest BCUT2D eigenvalue weighted by Gasteiger charge is 2.57. The maximum atomic E-state index is 13.1. The maximum Gasteiger partial charge on any atom is 0.416 e. The zero-order chi connectivity index (χ0) is 23.5. The molecule has 178 valence electrons. The lowest BCUT2D eigenvalue weighted by atomic mass is 9.51. The molecule has 2 N–H and O–H groups in total. The molecule has 4 bridgehead atoms. The number of benzene rings is 1. The zero-order valence-electron chi connectivity index (χ0n) is 18.3. The summed E-state index contributed by atoms with van der Waals surface area (Å²) in [5.41, 5.74) is -2.65. The lowest BCUT2D eigenvalue weighted by Gasteiger charge is -2.60. The minimum absolute atomic E-state index is 0.0265. The lowest BCUT2D eigenvalue weighted by Crippen LogP contribution is -2.67. The van der Waals surface area contributed by atoms with Gasteiger partial charge in [0.1, 0.15) is 5.75 Å². The number of halogens is 3. The molecule has 5 rings (SSSR count). The fourth-order valence-corrected chi connectivity index (χ4v) is 7.22. The van der Waals surface area contributed by atoms with Gasteiger partial charge in [-0.3, -0.25) is 4.79 Å².